The quantitative estimate of drug-likeness (QED) is 0.497. The summed E-state index contributed by atoms with van der Waals surface area (Å²) in [7, 11) is -2.22. The third-order valence-corrected chi connectivity index (χ3v) is 9.58. The molecule has 3 heterocycles. The summed E-state index contributed by atoms with van der Waals surface area (Å²) < 4.78 is 50.8. The molecule has 3 fully saturated rings. The lowest BCUT2D eigenvalue weighted by atomic mass is 10.0. The molecule has 0 N–H and O–H groups in total. The van der Waals surface area contributed by atoms with E-state index in [1.54, 1.807) is 33.1 Å². The molecule has 3 aliphatic rings. The van der Waals surface area contributed by atoms with Crippen molar-refractivity contribution in [3.63, 3.8) is 0 Å². The molecule has 0 aromatic heterocycles. The SMILES string of the molecule is COc1cc(C)c(S(=O)(=O)N2CCOC[C@H]2COCC(=O)N2CCC(N3CCOCC3)CC2)c(C)c1. The third-order valence-electron chi connectivity index (χ3n) is 7.32. The summed E-state index contributed by atoms with van der Waals surface area (Å²) in [6.45, 7) is 9.28. The van der Waals surface area contributed by atoms with Gasteiger partial charge < -0.3 is 23.8 Å². The van der Waals surface area contributed by atoms with Crippen LogP contribution in [0.5, 0.6) is 5.75 Å². The number of carbonyl (C=O) groups is 1. The van der Waals surface area contributed by atoms with Gasteiger partial charge in [-0.2, -0.15) is 4.31 Å². The fraction of sp³-hybridized carbons (Fsp3) is 0.720. The van der Waals surface area contributed by atoms with Gasteiger partial charge in [0.1, 0.15) is 12.4 Å². The van der Waals surface area contributed by atoms with Crippen LogP contribution in [0.1, 0.15) is 24.0 Å². The predicted octanol–water partition coefficient (Wildman–Crippen LogP) is 1.04. The Morgan fingerprint density at radius 3 is 2.28 bits per heavy atom. The maximum atomic E-state index is 13.6. The van der Waals surface area contributed by atoms with Gasteiger partial charge in [-0.3, -0.25) is 9.69 Å². The molecule has 1 aromatic carbocycles. The molecule has 4 rings (SSSR count). The highest BCUT2D eigenvalue weighted by Gasteiger charge is 2.36. The average Bonchev–Trinajstić information content (AvgIpc) is 2.89. The van der Waals surface area contributed by atoms with Crippen molar-refractivity contribution in [3.05, 3.63) is 23.3 Å². The summed E-state index contributed by atoms with van der Waals surface area (Å²) in [4.78, 5) is 17.4. The molecule has 0 radical (unpaired) electrons. The highest BCUT2D eigenvalue weighted by Crippen LogP contribution is 2.30. The Morgan fingerprint density at radius 2 is 1.64 bits per heavy atom. The van der Waals surface area contributed by atoms with Crippen LogP contribution in [0, 0.1) is 13.8 Å². The molecule has 3 aliphatic heterocycles. The minimum Gasteiger partial charge on any atom is -0.497 e. The number of benzene rings is 1. The number of rotatable bonds is 8. The molecule has 0 saturated carbocycles. The van der Waals surface area contributed by atoms with Crippen LogP contribution in [0.4, 0.5) is 0 Å². The van der Waals surface area contributed by atoms with Crippen LogP contribution in [0.3, 0.4) is 0 Å². The number of aryl methyl sites for hydroxylation is 2. The lowest BCUT2D eigenvalue weighted by Gasteiger charge is -2.40. The van der Waals surface area contributed by atoms with E-state index in [0.29, 0.717) is 42.6 Å². The van der Waals surface area contributed by atoms with E-state index >= 15 is 0 Å². The lowest BCUT2D eigenvalue weighted by molar-refractivity contribution is -0.139. The Kier molecular flexibility index (Phi) is 9.24. The number of ether oxygens (including phenoxy) is 4. The monoisotopic (exact) mass is 525 g/mol. The topological polar surface area (TPSA) is 97.9 Å². The first-order chi connectivity index (χ1) is 17.3. The predicted molar refractivity (Wildman–Crippen MR) is 134 cm³/mol. The Bertz CT molecular complexity index is 982. The molecule has 0 spiro atoms. The fourth-order valence-electron chi connectivity index (χ4n) is 5.44. The fourth-order valence-corrected chi connectivity index (χ4v) is 7.43. The van der Waals surface area contributed by atoms with Crippen molar-refractivity contribution in [2.45, 2.75) is 43.7 Å². The molecule has 0 aliphatic carbocycles. The molecular formula is C25H39N3O7S. The van der Waals surface area contributed by atoms with Gasteiger partial charge in [0.25, 0.3) is 0 Å². The average molecular weight is 526 g/mol. The number of morpholine rings is 2. The number of hydrogen-bond acceptors (Lipinski definition) is 8. The second-order valence-corrected chi connectivity index (χ2v) is 11.5. The number of methoxy groups -OCH3 is 1. The van der Waals surface area contributed by atoms with E-state index in [1.807, 2.05) is 4.90 Å². The van der Waals surface area contributed by atoms with Crippen LogP contribution < -0.4 is 4.74 Å². The van der Waals surface area contributed by atoms with E-state index in [0.717, 1.165) is 39.1 Å². The second-order valence-electron chi connectivity index (χ2n) is 9.71. The largest absolute Gasteiger partial charge is 0.497 e. The van der Waals surface area contributed by atoms with Gasteiger partial charge in [-0.1, -0.05) is 0 Å². The first kappa shape index (κ1) is 27.3. The Balaban J connectivity index is 1.31. The standard InChI is InChI=1S/C25H39N3O7S/c1-19-14-23(32-3)15-20(2)25(19)36(30,31)28-10-13-34-16-22(28)17-35-18-24(29)27-6-4-21(5-7-27)26-8-11-33-12-9-26/h14-15,21-22H,4-13,16-18H2,1-3H3/t22-/m0/s1. The van der Waals surface area contributed by atoms with Crippen molar-refractivity contribution in [3.8, 4) is 5.75 Å². The molecule has 0 bridgehead atoms. The summed E-state index contributed by atoms with van der Waals surface area (Å²) in [5.41, 5.74) is 1.27. The summed E-state index contributed by atoms with van der Waals surface area (Å²) in [5.74, 6) is 0.571. The van der Waals surface area contributed by atoms with Gasteiger partial charge in [-0.25, -0.2) is 8.42 Å². The zero-order valence-electron chi connectivity index (χ0n) is 21.6. The Morgan fingerprint density at radius 1 is 1.00 bits per heavy atom. The molecule has 0 unspecified atom stereocenters. The normalized spacial score (nSPS) is 23.1. The molecule has 10 nitrogen and oxygen atoms in total. The molecule has 1 amide bonds. The van der Waals surface area contributed by atoms with Gasteiger partial charge in [-0.15, -0.1) is 0 Å². The van der Waals surface area contributed by atoms with E-state index < -0.39 is 16.1 Å². The van der Waals surface area contributed by atoms with Crippen molar-refractivity contribution in [2.75, 3.05) is 79.5 Å². The smallest absolute Gasteiger partial charge is 0.248 e. The highest BCUT2D eigenvalue weighted by atomic mass is 32.2. The van der Waals surface area contributed by atoms with Gasteiger partial charge in [0.2, 0.25) is 15.9 Å². The van der Waals surface area contributed by atoms with Gasteiger partial charge in [0.15, 0.2) is 0 Å². The number of sulfonamides is 1. The summed E-state index contributed by atoms with van der Waals surface area (Å²) in [6, 6.07) is 3.46. The summed E-state index contributed by atoms with van der Waals surface area (Å²) in [5, 5.41) is 0. The van der Waals surface area contributed by atoms with Crippen LogP contribution in [0.2, 0.25) is 0 Å². The van der Waals surface area contributed by atoms with Crippen LogP contribution in [-0.2, 0) is 29.0 Å². The first-order valence-corrected chi connectivity index (χ1v) is 14.2. The maximum Gasteiger partial charge on any atom is 0.248 e. The number of hydrogen-bond donors (Lipinski definition) is 0. The number of carbonyl (C=O) groups excluding carboxylic acids is 1. The van der Waals surface area contributed by atoms with Crippen molar-refractivity contribution in [2.24, 2.45) is 0 Å². The second kappa shape index (κ2) is 12.2. The van der Waals surface area contributed by atoms with E-state index in [9.17, 15) is 13.2 Å². The van der Waals surface area contributed by atoms with Crippen molar-refractivity contribution < 1.29 is 32.2 Å². The maximum absolute atomic E-state index is 13.6. The number of nitrogens with zero attached hydrogens (tertiary/aromatic N) is 3. The van der Waals surface area contributed by atoms with Gasteiger partial charge in [-0.05, 0) is 49.9 Å². The number of amides is 1. The van der Waals surface area contributed by atoms with Gasteiger partial charge in [0.05, 0.1) is 51.1 Å². The van der Waals surface area contributed by atoms with Crippen molar-refractivity contribution in [1.82, 2.24) is 14.1 Å². The zero-order chi connectivity index (χ0) is 25.7. The van der Waals surface area contributed by atoms with Crippen molar-refractivity contribution >= 4 is 15.9 Å². The highest BCUT2D eigenvalue weighted by molar-refractivity contribution is 7.89. The molecule has 11 heteroatoms. The number of likely N-dealkylation sites (tertiary alicyclic amines) is 1. The zero-order valence-corrected chi connectivity index (χ0v) is 22.4. The minimum absolute atomic E-state index is 0.0524. The molecule has 3 saturated heterocycles. The van der Waals surface area contributed by atoms with E-state index in [2.05, 4.69) is 4.90 Å². The van der Waals surface area contributed by atoms with Crippen LogP contribution in [-0.4, -0.2) is 120 Å². The third kappa shape index (κ3) is 6.20. The van der Waals surface area contributed by atoms with Crippen LogP contribution in [0.15, 0.2) is 17.0 Å². The molecule has 36 heavy (non-hydrogen) atoms. The Hall–Kier alpha value is -1.76. The molecule has 1 aromatic rings. The van der Waals surface area contributed by atoms with Crippen LogP contribution in [0.25, 0.3) is 0 Å². The minimum atomic E-state index is -3.78. The lowest BCUT2D eigenvalue weighted by Crippen LogP contribution is -2.52. The first-order valence-electron chi connectivity index (χ1n) is 12.7. The van der Waals surface area contributed by atoms with Crippen LogP contribution >= 0.6 is 0 Å². The van der Waals surface area contributed by atoms with E-state index in [-0.39, 0.29) is 37.2 Å². The molecule has 202 valence electrons. The molecular weight excluding hydrogens is 486 g/mol. The molecule has 1 atom stereocenters. The number of piperidine rings is 1. The van der Waals surface area contributed by atoms with Crippen molar-refractivity contribution in [1.29, 1.82) is 0 Å². The van der Waals surface area contributed by atoms with E-state index in [1.165, 1.54) is 4.31 Å². The van der Waals surface area contributed by atoms with E-state index in [4.69, 9.17) is 18.9 Å². The van der Waals surface area contributed by atoms with Gasteiger partial charge >= 0.3 is 0 Å². The summed E-state index contributed by atoms with van der Waals surface area (Å²) >= 11 is 0. The van der Waals surface area contributed by atoms with Gasteiger partial charge in [0, 0.05) is 38.8 Å². The summed E-state index contributed by atoms with van der Waals surface area (Å²) in [6.07, 6.45) is 1.91. The Labute approximate surface area is 214 Å².